The topological polar surface area (TPSA) is 70.4 Å². The summed E-state index contributed by atoms with van der Waals surface area (Å²) >= 11 is 0. The van der Waals surface area contributed by atoms with Crippen LogP contribution in [0.4, 0.5) is 10.2 Å². The van der Waals surface area contributed by atoms with Gasteiger partial charge in [0.05, 0.1) is 24.4 Å². The fraction of sp³-hybridized carbons (Fsp3) is 0.481. The van der Waals surface area contributed by atoms with Crippen LogP contribution in [0, 0.1) is 11.3 Å². The van der Waals surface area contributed by atoms with Crippen LogP contribution in [0.1, 0.15) is 61.5 Å². The van der Waals surface area contributed by atoms with E-state index in [1.165, 1.54) is 11.6 Å². The number of amides is 1. The number of piperidine rings is 1. The van der Waals surface area contributed by atoms with Crippen LogP contribution in [-0.2, 0) is 5.54 Å². The molecule has 1 fully saturated rings. The lowest BCUT2D eigenvalue weighted by atomic mass is 9.68. The second kappa shape index (κ2) is 8.69. The summed E-state index contributed by atoms with van der Waals surface area (Å²) in [5, 5.41) is 18.3. The van der Waals surface area contributed by atoms with Gasteiger partial charge in [-0.1, -0.05) is 36.4 Å². The van der Waals surface area contributed by atoms with E-state index < -0.39 is 5.41 Å². The highest BCUT2D eigenvalue weighted by atomic mass is 19.1. The Balaban J connectivity index is 1.33. The van der Waals surface area contributed by atoms with Crippen LogP contribution in [0.5, 0.6) is 0 Å². The molecule has 1 saturated heterocycles. The van der Waals surface area contributed by atoms with E-state index in [9.17, 15) is 14.3 Å². The monoisotopic (exact) mass is 464 g/mol. The van der Waals surface area contributed by atoms with Crippen molar-refractivity contribution in [1.82, 2.24) is 14.7 Å². The number of aromatic nitrogens is 2. The highest BCUT2D eigenvalue weighted by Gasteiger charge is 2.41. The number of benzene rings is 1. The minimum atomic E-state index is -0.434. The summed E-state index contributed by atoms with van der Waals surface area (Å²) in [5.74, 6) is 0.731. The number of carbonyl (C=O) groups is 1. The van der Waals surface area contributed by atoms with E-state index in [0.29, 0.717) is 25.1 Å². The molecule has 180 valence electrons. The number of rotatable bonds is 4. The number of likely N-dealkylation sites (tertiary alicyclic amines) is 1. The lowest BCUT2D eigenvalue weighted by molar-refractivity contribution is 0.0457. The van der Waals surface area contributed by atoms with E-state index in [2.05, 4.69) is 36.4 Å². The Morgan fingerprint density at radius 1 is 1.24 bits per heavy atom. The van der Waals surface area contributed by atoms with E-state index >= 15 is 0 Å². The first-order valence-corrected chi connectivity index (χ1v) is 12.2. The van der Waals surface area contributed by atoms with Crippen LogP contribution in [0.15, 0.2) is 60.6 Å². The predicted molar refractivity (Wildman–Crippen MR) is 130 cm³/mol. The zero-order chi connectivity index (χ0) is 23.9. The molecule has 2 aliphatic heterocycles. The molecule has 3 heterocycles. The Bertz CT molecular complexity index is 1110. The molecule has 2 unspecified atom stereocenters. The summed E-state index contributed by atoms with van der Waals surface area (Å²) in [6, 6.07) is 10.4. The van der Waals surface area contributed by atoms with Crippen molar-refractivity contribution in [2.24, 2.45) is 11.3 Å². The van der Waals surface area contributed by atoms with Gasteiger partial charge in [-0.05, 0) is 63.2 Å². The highest BCUT2D eigenvalue weighted by Crippen LogP contribution is 2.44. The summed E-state index contributed by atoms with van der Waals surface area (Å²) in [6.07, 6.45) is 9.48. The minimum Gasteiger partial charge on any atom is -0.395 e. The van der Waals surface area contributed by atoms with Crippen molar-refractivity contribution in [1.29, 1.82) is 0 Å². The second-order valence-corrected chi connectivity index (χ2v) is 10.5. The van der Waals surface area contributed by atoms with Gasteiger partial charge >= 0.3 is 0 Å². The van der Waals surface area contributed by atoms with Gasteiger partial charge < -0.3 is 15.3 Å². The molecule has 1 aromatic carbocycles. The number of allylic oxidation sites excluding steroid dienone is 3. The minimum absolute atomic E-state index is 0.0112. The van der Waals surface area contributed by atoms with Gasteiger partial charge in [0.15, 0.2) is 0 Å². The van der Waals surface area contributed by atoms with Crippen molar-refractivity contribution >= 4 is 11.7 Å². The second-order valence-electron chi connectivity index (χ2n) is 10.5. The van der Waals surface area contributed by atoms with Crippen molar-refractivity contribution in [2.75, 3.05) is 25.0 Å². The van der Waals surface area contributed by atoms with Gasteiger partial charge in [0.1, 0.15) is 17.2 Å². The van der Waals surface area contributed by atoms with Crippen molar-refractivity contribution in [3.05, 3.63) is 71.7 Å². The van der Waals surface area contributed by atoms with Crippen molar-refractivity contribution in [3.63, 3.8) is 0 Å². The molecule has 34 heavy (non-hydrogen) atoms. The number of halogens is 1. The van der Waals surface area contributed by atoms with Crippen LogP contribution < -0.4 is 5.32 Å². The summed E-state index contributed by atoms with van der Waals surface area (Å²) < 4.78 is 15.5. The zero-order valence-electron chi connectivity index (χ0n) is 19.9. The van der Waals surface area contributed by atoms with Crippen molar-refractivity contribution < 1.29 is 14.3 Å². The smallest absolute Gasteiger partial charge is 0.259 e. The summed E-state index contributed by atoms with van der Waals surface area (Å²) in [4.78, 5) is 15.5. The molecule has 1 aromatic heterocycles. The third kappa shape index (κ3) is 3.96. The van der Waals surface area contributed by atoms with Crippen LogP contribution in [0.3, 0.4) is 0 Å². The Morgan fingerprint density at radius 3 is 2.62 bits per heavy atom. The molecular formula is C27H33FN4O2. The third-order valence-corrected chi connectivity index (χ3v) is 7.93. The molecule has 0 radical (unpaired) electrons. The van der Waals surface area contributed by atoms with Crippen LogP contribution in [0.25, 0.3) is 0 Å². The fourth-order valence-electron chi connectivity index (χ4n) is 5.84. The normalized spacial score (nSPS) is 26.5. The number of nitrogens with zero attached hydrogens (tertiary/aromatic N) is 3. The third-order valence-electron chi connectivity index (χ3n) is 7.93. The van der Waals surface area contributed by atoms with Crippen LogP contribution in [0.2, 0.25) is 0 Å². The molecule has 5 rings (SSSR count). The lowest BCUT2D eigenvalue weighted by Gasteiger charge is -2.43. The predicted octanol–water partition coefficient (Wildman–Crippen LogP) is 4.82. The van der Waals surface area contributed by atoms with Crippen LogP contribution in [-0.4, -0.2) is 45.4 Å². The molecule has 0 spiro atoms. The molecule has 6 nitrogen and oxygen atoms in total. The molecule has 3 aliphatic rings. The van der Waals surface area contributed by atoms with E-state index in [1.807, 2.05) is 33.9 Å². The Morgan fingerprint density at radius 2 is 1.97 bits per heavy atom. The average molecular weight is 465 g/mol. The molecule has 0 saturated carbocycles. The summed E-state index contributed by atoms with van der Waals surface area (Å²) in [7, 11) is 0. The number of aliphatic hydroxyl groups excluding tert-OH is 1. The van der Waals surface area contributed by atoms with E-state index in [4.69, 9.17) is 0 Å². The molecular weight excluding hydrogens is 431 g/mol. The van der Waals surface area contributed by atoms with Gasteiger partial charge in [-0.2, -0.15) is 5.10 Å². The van der Waals surface area contributed by atoms with E-state index in [0.717, 1.165) is 25.1 Å². The maximum Gasteiger partial charge on any atom is 0.259 e. The SMILES string of the molecule is CC1(C)CC(c2ccccc2)Nc2c(C(=O)N3CCC(C4(CO)C=CC(F)=CC4)CC3)cnn21. The number of fused-ring (bicyclic) bond motifs is 1. The standard InChI is InChI=1S/C27H33FN4O2/c1-26(2)16-23(19-6-4-3-5-7-19)30-24-22(17-29-32(24)26)25(34)31-14-10-20(11-15-31)27(18-33)12-8-21(28)9-13-27/h3-9,12,17,20,23,30,33H,10-11,13-16,18H2,1-2H3. The van der Waals surface area contributed by atoms with Gasteiger partial charge in [-0.3, -0.25) is 4.79 Å². The Hall–Kier alpha value is -2.93. The first kappa shape index (κ1) is 22.8. The van der Waals surface area contributed by atoms with Gasteiger partial charge in [0, 0.05) is 18.5 Å². The highest BCUT2D eigenvalue weighted by molar-refractivity contribution is 5.99. The number of carbonyl (C=O) groups excluding carboxylic acids is 1. The zero-order valence-corrected chi connectivity index (χ0v) is 19.9. The summed E-state index contributed by atoms with van der Waals surface area (Å²) in [6.45, 7) is 5.53. The largest absolute Gasteiger partial charge is 0.395 e. The molecule has 0 bridgehead atoms. The average Bonchev–Trinajstić information content (AvgIpc) is 3.30. The molecule has 1 aliphatic carbocycles. The molecule has 2 N–H and O–H groups in total. The maximum absolute atomic E-state index is 13.6. The first-order valence-electron chi connectivity index (χ1n) is 12.2. The number of aliphatic hydroxyl groups is 1. The van der Waals surface area contributed by atoms with Gasteiger partial charge in [-0.25, -0.2) is 9.07 Å². The maximum atomic E-state index is 13.6. The van der Waals surface area contributed by atoms with Gasteiger partial charge in [0.2, 0.25) is 0 Å². The van der Waals surface area contributed by atoms with Gasteiger partial charge in [-0.15, -0.1) is 0 Å². The van der Waals surface area contributed by atoms with Crippen LogP contribution >= 0.6 is 0 Å². The van der Waals surface area contributed by atoms with Gasteiger partial charge in [0.25, 0.3) is 5.91 Å². The number of nitrogens with one attached hydrogen (secondary N) is 1. The fourth-order valence-corrected chi connectivity index (χ4v) is 5.84. The molecule has 1 amide bonds. The number of hydrogen-bond donors (Lipinski definition) is 2. The first-order chi connectivity index (χ1) is 16.3. The molecule has 2 atom stereocenters. The van der Waals surface area contributed by atoms with E-state index in [-0.39, 0.29) is 35.8 Å². The lowest BCUT2D eigenvalue weighted by Crippen LogP contribution is -2.45. The molecule has 2 aromatic rings. The van der Waals surface area contributed by atoms with Crippen molar-refractivity contribution in [2.45, 2.75) is 51.1 Å². The number of anilines is 1. The van der Waals surface area contributed by atoms with E-state index in [1.54, 1.807) is 12.3 Å². The number of hydrogen-bond acceptors (Lipinski definition) is 4. The van der Waals surface area contributed by atoms with Crippen molar-refractivity contribution in [3.8, 4) is 0 Å². The molecule has 7 heteroatoms. The Kier molecular flexibility index (Phi) is 5.84. The summed E-state index contributed by atoms with van der Waals surface area (Å²) in [5.41, 5.74) is 1.14. The Labute approximate surface area is 200 Å². The quantitative estimate of drug-likeness (QED) is 0.681.